The van der Waals surface area contributed by atoms with Crippen molar-refractivity contribution in [1.82, 2.24) is 5.32 Å². The first kappa shape index (κ1) is 18.5. The van der Waals surface area contributed by atoms with Gasteiger partial charge < -0.3 is 10.1 Å². The Bertz CT molecular complexity index is 848. The molecule has 0 aliphatic carbocycles. The minimum atomic E-state index is -0.554. The summed E-state index contributed by atoms with van der Waals surface area (Å²) in [5.74, 6) is 0.0692. The van der Waals surface area contributed by atoms with Crippen molar-refractivity contribution in [2.24, 2.45) is 0 Å². The van der Waals surface area contributed by atoms with E-state index >= 15 is 0 Å². The van der Waals surface area contributed by atoms with Gasteiger partial charge in [-0.3, -0.25) is 4.79 Å². The molecule has 1 saturated heterocycles. The average molecular weight is 371 g/mol. The second-order valence-corrected chi connectivity index (χ2v) is 7.29. The van der Waals surface area contributed by atoms with Crippen molar-refractivity contribution in [3.63, 3.8) is 0 Å². The number of rotatable bonds is 5. The summed E-state index contributed by atoms with van der Waals surface area (Å²) in [5.41, 5.74) is 2.67. The van der Waals surface area contributed by atoms with Gasteiger partial charge in [0.25, 0.3) is 0 Å². The number of amides is 1. The summed E-state index contributed by atoms with van der Waals surface area (Å²) in [5, 5.41) is 3.36. The zero-order chi connectivity index (χ0) is 19.2. The van der Waals surface area contributed by atoms with E-state index in [0.29, 0.717) is 26.1 Å². The van der Waals surface area contributed by atoms with Gasteiger partial charge in [-0.2, -0.15) is 0 Å². The van der Waals surface area contributed by atoms with E-state index in [-0.39, 0.29) is 11.9 Å². The quantitative estimate of drug-likeness (QED) is 0.709. The fourth-order valence-electron chi connectivity index (χ4n) is 4.04. The summed E-state index contributed by atoms with van der Waals surface area (Å²) in [7, 11) is 0. The molecule has 1 fully saturated rings. The fraction of sp³-hybridized carbons (Fsp3) is 0.240. The highest BCUT2D eigenvalue weighted by molar-refractivity contribution is 5.89. The predicted octanol–water partition coefficient (Wildman–Crippen LogP) is 4.64. The number of benzene rings is 3. The van der Waals surface area contributed by atoms with Crippen LogP contribution in [0.5, 0.6) is 0 Å². The first-order valence-corrected chi connectivity index (χ1v) is 9.84. The number of ether oxygens (including phenoxy) is 1. The molecule has 4 rings (SSSR count). The van der Waals surface area contributed by atoms with Crippen LogP contribution in [0.1, 0.15) is 35.6 Å². The molecule has 1 aliphatic rings. The number of hydrogen-bond donors (Lipinski definition) is 1. The second-order valence-electron chi connectivity index (χ2n) is 7.29. The summed E-state index contributed by atoms with van der Waals surface area (Å²) in [4.78, 5) is 13.7. The summed E-state index contributed by atoms with van der Waals surface area (Å²) in [6.07, 6.45) is 1.39. The maximum absolute atomic E-state index is 13.7. The largest absolute Gasteiger partial charge is 0.381 e. The molecule has 3 aromatic rings. The molecule has 28 heavy (non-hydrogen) atoms. The van der Waals surface area contributed by atoms with Crippen molar-refractivity contribution in [3.8, 4) is 0 Å². The monoisotopic (exact) mass is 371 g/mol. The van der Waals surface area contributed by atoms with Crippen LogP contribution in [0.15, 0.2) is 91.0 Å². The van der Waals surface area contributed by atoms with Gasteiger partial charge in [-0.25, -0.2) is 0 Å². The molecular weight excluding hydrogens is 346 g/mol. The molecule has 0 unspecified atom stereocenters. The maximum Gasteiger partial charge on any atom is 0.231 e. The first-order chi connectivity index (χ1) is 13.8. The summed E-state index contributed by atoms with van der Waals surface area (Å²) in [6, 6.07) is 30.3. The van der Waals surface area contributed by atoms with E-state index in [4.69, 9.17) is 4.74 Å². The van der Waals surface area contributed by atoms with Crippen LogP contribution < -0.4 is 5.32 Å². The molecule has 0 aromatic heterocycles. The summed E-state index contributed by atoms with van der Waals surface area (Å²) in [6.45, 7) is 1.20. The van der Waals surface area contributed by atoms with Crippen LogP contribution >= 0.6 is 0 Å². The summed E-state index contributed by atoms with van der Waals surface area (Å²) >= 11 is 0. The molecule has 3 nitrogen and oxygen atoms in total. The highest BCUT2D eigenvalue weighted by Crippen LogP contribution is 2.36. The van der Waals surface area contributed by atoms with Gasteiger partial charge >= 0.3 is 0 Å². The molecule has 0 radical (unpaired) electrons. The van der Waals surface area contributed by atoms with Gasteiger partial charge in [0.15, 0.2) is 0 Å². The molecule has 3 aromatic carbocycles. The fourth-order valence-corrected chi connectivity index (χ4v) is 4.04. The third-order valence-electron chi connectivity index (χ3n) is 5.65. The average Bonchev–Trinajstić information content (AvgIpc) is 2.79. The van der Waals surface area contributed by atoms with Crippen molar-refractivity contribution >= 4 is 5.91 Å². The Morgan fingerprint density at radius 1 is 0.750 bits per heavy atom. The van der Waals surface area contributed by atoms with E-state index in [0.717, 1.165) is 16.7 Å². The normalized spacial score (nSPS) is 15.9. The third-order valence-corrected chi connectivity index (χ3v) is 5.65. The van der Waals surface area contributed by atoms with Gasteiger partial charge in [-0.05, 0) is 29.5 Å². The van der Waals surface area contributed by atoms with Crippen LogP contribution in [-0.2, 0) is 14.9 Å². The predicted molar refractivity (Wildman–Crippen MR) is 111 cm³/mol. The number of carbonyl (C=O) groups is 1. The SMILES string of the molecule is O=C(NC(c1ccccc1)c1ccccc1)C1(c2ccccc2)CCOCC1. The van der Waals surface area contributed by atoms with Crippen molar-refractivity contribution in [2.75, 3.05) is 13.2 Å². The Morgan fingerprint density at radius 3 is 1.71 bits per heavy atom. The van der Waals surface area contributed by atoms with E-state index in [1.54, 1.807) is 0 Å². The second kappa shape index (κ2) is 8.41. The molecule has 1 aliphatic heterocycles. The van der Waals surface area contributed by atoms with Crippen molar-refractivity contribution in [2.45, 2.75) is 24.3 Å². The molecule has 0 saturated carbocycles. The van der Waals surface area contributed by atoms with Crippen LogP contribution in [-0.4, -0.2) is 19.1 Å². The molecule has 1 heterocycles. The van der Waals surface area contributed by atoms with Crippen molar-refractivity contribution < 1.29 is 9.53 Å². The third kappa shape index (κ3) is 3.71. The Hall–Kier alpha value is -2.91. The van der Waals surface area contributed by atoms with Crippen LogP contribution in [0.2, 0.25) is 0 Å². The minimum absolute atomic E-state index is 0.0692. The standard InChI is InChI=1S/C25H25NO2/c27-24(25(16-18-28-19-17-25)22-14-8-3-9-15-22)26-23(20-10-4-1-5-11-20)21-12-6-2-7-13-21/h1-15,23H,16-19H2,(H,26,27). The molecule has 0 spiro atoms. The molecule has 0 bridgehead atoms. The Kier molecular flexibility index (Phi) is 5.54. The van der Waals surface area contributed by atoms with E-state index in [9.17, 15) is 4.79 Å². The minimum Gasteiger partial charge on any atom is -0.381 e. The van der Waals surface area contributed by atoms with Gasteiger partial charge in [0.2, 0.25) is 5.91 Å². The van der Waals surface area contributed by atoms with E-state index in [1.807, 2.05) is 54.6 Å². The lowest BCUT2D eigenvalue weighted by molar-refractivity contribution is -0.131. The van der Waals surface area contributed by atoms with Gasteiger partial charge in [0.05, 0.1) is 11.5 Å². The van der Waals surface area contributed by atoms with E-state index in [2.05, 4.69) is 41.7 Å². The lowest BCUT2D eigenvalue weighted by Crippen LogP contribution is -2.49. The lowest BCUT2D eigenvalue weighted by Gasteiger charge is -2.37. The van der Waals surface area contributed by atoms with Gasteiger partial charge in [-0.15, -0.1) is 0 Å². The van der Waals surface area contributed by atoms with E-state index in [1.165, 1.54) is 0 Å². The van der Waals surface area contributed by atoms with Gasteiger partial charge in [-0.1, -0.05) is 91.0 Å². The molecule has 1 amide bonds. The molecule has 142 valence electrons. The summed E-state index contributed by atoms with van der Waals surface area (Å²) < 4.78 is 5.59. The Morgan fingerprint density at radius 2 is 1.21 bits per heavy atom. The number of carbonyl (C=O) groups excluding carboxylic acids is 1. The van der Waals surface area contributed by atoms with Gasteiger partial charge in [0, 0.05) is 13.2 Å². The van der Waals surface area contributed by atoms with Crippen molar-refractivity contribution in [3.05, 3.63) is 108 Å². The molecule has 1 N–H and O–H groups in total. The molecular formula is C25H25NO2. The highest BCUT2D eigenvalue weighted by atomic mass is 16.5. The highest BCUT2D eigenvalue weighted by Gasteiger charge is 2.42. The first-order valence-electron chi connectivity index (χ1n) is 9.84. The molecule has 0 atom stereocenters. The van der Waals surface area contributed by atoms with Crippen LogP contribution in [0, 0.1) is 0 Å². The van der Waals surface area contributed by atoms with Gasteiger partial charge in [0.1, 0.15) is 0 Å². The van der Waals surface area contributed by atoms with Crippen molar-refractivity contribution in [1.29, 1.82) is 0 Å². The maximum atomic E-state index is 13.7. The Labute approximate surface area is 166 Å². The Balaban J connectivity index is 1.70. The smallest absolute Gasteiger partial charge is 0.231 e. The zero-order valence-corrected chi connectivity index (χ0v) is 15.9. The van der Waals surface area contributed by atoms with Crippen LogP contribution in [0.3, 0.4) is 0 Å². The lowest BCUT2D eigenvalue weighted by atomic mass is 9.73. The van der Waals surface area contributed by atoms with E-state index < -0.39 is 5.41 Å². The topological polar surface area (TPSA) is 38.3 Å². The van der Waals surface area contributed by atoms with Crippen LogP contribution in [0.25, 0.3) is 0 Å². The number of nitrogens with one attached hydrogen (secondary N) is 1. The van der Waals surface area contributed by atoms with Crippen LogP contribution in [0.4, 0.5) is 0 Å². The molecule has 3 heteroatoms. The number of hydrogen-bond acceptors (Lipinski definition) is 2. The zero-order valence-electron chi connectivity index (χ0n) is 15.9.